The van der Waals surface area contributed by atoms with Crippen molar-refractivity contribution in [1.82, 2.24) is 10.2 Å². The van der Waals surface area contributed by atoms with Crippen molar-refractivity contribution >= 4 is 33.2 Å². The van der Waals surface area contributed by atoms with Crippen molar-refractivity contribution in [2.75, 3.05) is 17.8 Å². The number of nitro benzene ring substituents is 1. The molecule has 11 heteroatoms. The highest BCUT2D eigenvalue weighted by atomic mass is 32.2. The highest BCUT2D eigenvalue weighted by Crippen LogP contribution is 2.24. The van der Waals surface area contributed by atoms with Crippen molar-refractivity contribution in [3.8, 4) is 0 Å². The van der Waals surface area contributed by atoms with Gasteiger partial charge in [0.2, 0.25) is 5.91 Å². The van der Waals surface area contributed by atoms with Crippen LogP contribution in [0, 0.1) is 17.0 Å². The summed E-state index contributed by atoms with van der Waals surface area (Å²) in [7, 11) is -4.05. The summed E-state index contributed by atoms with van der Waals surface area (Å²) in [5.41, 5.74) is 0.692. The Morgan fingerprint density at radius 1 is 1.18 bits per heavy atom. The third-order valence-corrected chi connectivity index (χ3v) is 6.85. The van der Waals surface area contributed by atoms with Gasteiger partial charge in [0, 0.05) is 48.4 Å². The summed E-state index contributed by atoms with van der Waals surface area (Å²) in [5, 5.41) is 14.0. The van der Waals surface area contributed by atoms with Crippen LogP contribution < -0.4 is 10.0 Å². The summed E-state index contributed by atoms with van der Waals surface area (Å²) >= 11 is 0. The number of nitrogens with zero attached hydrogens (tertiary/aromatic N) is 2. The van der Waals surface area contributed by atoms with Crippen molar-refractivity contribution < 1.29 is 22.9 Å². The van der Waals surface area contributed by atoms with Crippen LogP contribution in [0.15, 0.2) is 47.4 Å². The van der Waals surface area contributed by atoms with Crippen LogP contribution in [-0.4, -0.2) is 49.2 Å². The van der Waals surface area contributed by atoms with E-state index >= 15 is 0 Å². The van der Waals surface area contributed by atoms with E-state index in [1.165, 1.54) is 43.3 Å². The fourth-order valence-electron chi connectivity index (χ4n) is 3.64. The molecule has 0 aromatic heterocycles. The molecule has 0 radical (unpaired) electrons. The van der Waals surface area contributed by atoms with E-state index < -0.39 is 14.9 Å². The van der Waals surface area contributed by atoms with Crippen LogP contribution in [-0.2, 0) is 14.8 Å². The number of hydrogen-bond donors (Lipinski definition) is 2. The number of likely N-dealkylation sites (tertiary alicyclic amines) is 1. The lowest BCUT2D eigenvalue weighted by Gasteiger charge is -2.33. The minimum absolute atomic E-state index is 0.0511. The third kappa shape index (κ3) is 5.86. The zero-order valence-electron chi connectivity index (χ0n) is 18.4. The van der Waals surface area contributed by atoms with E-state index in [2.05, 4.69) is 10.0 Å². The number of benzene rings is 2. The number of anilines is 1. The molecule has 1 heterocycles. The average Bonchev–Trinajstić information content (AvgIpc) is 2.79. The Morgan fingerprint density at radius 3 is 2.52 bits per heavy atom. The van der Waals surface area contributed by atoms with Crippen LogP contribution in [0.5, 0.6) is 0 Å². The fraction of sp³-hybridized carbons (Fsp3) is 0.364. The van der Waals surface area contributed by atoms with Gasteiger partial charge < -0.3 is 10.2 Å². The van der Waals surface area contributed by atoms with Gasteiger partial charge in [0.25, 0.3) is 21.6 Å². The number of nitrogens with one attached hydrogen (secondary N) is 2. The van der Waals surface area contributed by atoms with Crippen LogP contribution >= 0.6 is 0 Å². The molecular formula is C22H26N4O6S. The van der Waals surface area contributed by atoms with Gasteiger partial charge in [0.15, 0.2) is 0 Å². The molecule has 2 N–H and O–H groups in total. The van der Waals surface area contributed by atoms with Gasteiger partial charge in [-0.3, -0.25) is 24.4 Å². The molecule has 33 heavy (non-hydrogen) atoms. The SMILES string of the molecule is CCC(=O)NC1CCCN(C(=O)c2ccc(NS(=O)(=O)c3ccc(C)c([N+](=O)[O-])c3)cc2)C1. The topological polar surface area (TPSA) is 139 Å². The maximum absolute atomic E-state index is 12.9. The van der Waals surface area contributed by atoms with E-state index in [0.717, 1.165) is 18.9 Å². The lowest BCUT2D eigenvalue weighted by Crippen LogP contribution is -2.49. The molecule has 0 aliphatic carbocycles. The molecule has 1 saturated heterocycles. The van der Waals surface area contributed by atoms with Gasteiger partial charge in [-0.15, -0.1) is 0 Å². The number of carbonyl (C=O) groups excluding carboxylic acids is 2. The summed E-state index contributed by atoms with van der Waals surface area (Å²) < 4.78 is 27.7. The summed E-state index contributed by atoms with van der Waals surface area (Å²) in [6.07, 6.45) is 1.98. The largest absolute Gasteiger partial charge is 0.352 e. The van der Waals surface area contributed by atoms with E-state index in [1.54, 1.807) is 11.8 Å². The Bertz CT molecular complexity index is 1160. The molecule has 2 aromatic rings. The average molecular weight is 475 g/mol. The lowest BCUT2D eigenvalue weighted by atomic mass is 10.0. The van der Waals surface area contributed by atoms with Crippen LogP contribution in [0.1, 0.15) is 42.1 Å². The maximum atomic E-state index is 12.9. The second-order valence-corrected chi connectivity index (χ2v) is 9.58. The van der Waals surface area contributed by atoms with Gasteiger partial charge in [-0.2, -0.15) is 0 Å². The lowest BCUT2D eigenvalue weighted by molar-refractivity contribution is -0.385. The molecule has 2 amide bonds. The van der Waals surface area contributed by atoms with Gasteiger partial charge in [-0.05, 0) is 50.1 Å². The van der Waals surface area contributed by atoms with E-state index in [0.29, 0.717) is 30.6 Å². The Balaban J connectivity index is 1.70. The standard InChI is InChI=1S/C22H26N4O6S/c1-3-21(27)23-18-5-4-12-25(14-18)22(28)16-7-9-17(10-8-16)24-33(31,32)19-11-6-15(2)20(13-19)26(29)30/h6-11,13,18,24H,3-5,12,14H2,1-2H3,(H,23,27). The molecule has 2 aromatic carbocycles. The van der Waals surface area contributed by atoms with E-state index in [-0.39, 0.29) is 34.1 Å². The molecule has 1 fully saturated rings. The molecule has 1 aliphatic rings. The summed E-state index contributed by atoms with van der Waals surface area (Å²) in [4.78, 5) is 36.4. The van der Waals surface area contributed by atoms with E-state index in [1.807, 2.05) is 0 Å². The zero-order valence-corrected chi connectivity index (χ0v) is 19.2. The number of carbonyl (C=O) groups is 2. The van der Waals surface area contributed by atoms with Crippen LogP contribution in [0.2, 0.25) is 0 Å². The number of aryl methyl sites for hydroxylation is 1. The van der Waals surface area contributed by atoms with Crippen LogP contribution in [0.3, 0.4) is 0 Å². The van der Waals surface area contributed by atoms with Crippen molar-refractivity contribution in [3.05, 3.63) is 63.7 Å². The molecular weight excluding hydrogens is 448 g/mol. The van der Waals surface area contributed by atoms with E-state index in [4.69, 9.17) is 0 Å². The molecule has 0 spiro atoms. The van der Waals surface area contributed by atoms with Crippen molar-refractivity contribution in [2.24, 2.45) is 0 Å². The number of hydrogen-bond acceptors (Lipinski definition) is 6. The monoisotopic (exact) mass is 474 g/mol. The highest BCUT2D eigenvalue weighted by Gasteiger charge is 2.25. The van der Waals surface area contributed by atoms with Gasteiger partial charge in [0.1, 0.15) is 0 Å². The summed E-state index contributed by atoms with van der Waals surface area (Å²) in [5.74, 6) is -0.251. The van der Waals surface area contributed by atoms with Gasteiger partial charge in [-0.1, -0.05) is 13.0 Å². The van der Waals surface area contributed by atoms with Gasteiger partial charge in [0.05, 0.1) is 9.82 Å². The second-order valence-electron chi connectivity index (χ2n) is 7.90. The highest BCUT2D eigenvalue weighted by molar-refractivity contribution is 7.92. The molecule has 1 aliphatic heterocycles. The number of rotatable bonds is 7. The van der Waals surface area contributed by atoms with Gasteiger partial charge >= 0.3 is 0 Å². The molecule has 0 saturated carbocycles. The van der Waals surface area contributed by atoms with E-state index in [9.17, 15) is 28.1 Å². The van der Waals surface area contributed by atoms with Crippen molar-refractivity contribution in [2.45, 2.75) is 44.0 Å². The van der Waals surface area contributed by atoms with Gasteiger partial charge in [-0.25, -0.2) is 8.42 Å². The first-order chi connectivity index (χ1) is 15.6. The zero-order chi connectivity index (χ0) is 24.2. The number of nitro groups is 1. The summed E-state index contributed by atoms with van der Waals surface area (Å²) in [6.45, 7) is 4.31. The predicted molar refractivity (Wildman–Crippen MR) is 122 cm³/mol. The molecule has 1 unspecified atom stereocenters. The predicted octanol–water partition coefficient (Wildman–Crippen LogP) is 2.83. The Labute approximate surface area is 192 Å². The molecule has 10 nitrogen and oxygen atoms in total. The Morgan fingerprint density at radius 2 is 1.88 bits per heavy atom. The van der Waals surface area contributed by atoms with Crippen LogP contribution in [0.4, 0.5) is 11.4 Å². The second kappa shape index (κ2) is 9.99. The molecule has 3 rings (SSSR count). The normalized spacial score (nSPS) is 16.2. The van der Waals surface area contributed by atoms with Crippen LogP contribution in [0.25, 0.3) is 0 Å². The molecule has 0 bridgehead atoms. The summed E-state index contributed by atoms with van der Waals surface area (Å²) in [6, 6.07) is 9.58. The van der Waals surface area contributed by atoms with Crippen molar-refractivity contribution in [1.29, 1.82) is 0 Å². The minimum atomic E-state index is -4.05. The first kappa shape index (κ1) is 24.2. The third-order valence-electron chi connectivity index (χ3n) is 5.47. The Kier molecular flexibility index (Phi) is 7.32. The first-order valence-electron chi connectivity index (χ1n) is 10.6. The first-order valence-corrected chi connectivity index (χ1v) is 12.1. The minimum Gasteiger partial charge on any atom is -0.352 e. The smallest absolute Gasteiger partial charge is 0.273 e. The number of amides is 2. The molecule has 176 valence electrons. The Hall–Kier alpha value is -3.47. The van der Waals surface area contributed by atoms with Crippen molar-refractivity contribution in [3.63, 3.8) is 0 Å². The number of piperidine rings is 1. The number of sulfonamides is 1. The maximum Gasteiger partial charge on any atom is 0.273 e. The fourth-order valence-corrected chi connectivity index (χ4v) is 4.72. The quantitative estimate of drug-likeness (QED) is 0.467. The molecule has 1 atom stereocenters.